The van der Waals surface area contributed by atoms with Gasteiger partial charge in [0.15, 0.2) is 0 Å². The van der Waals surface area contributed by atoms with Gasteiger partial charge in [0.2, 0.25) is 5.91 Å². The Hall–Kier alpha value is -1.98. The zero-order valence-electron chi connectivity index (χ0n) is 10.0. The third kappa shape index (κ3) is 2.11. The molecule has 0 saturated carbocycles. The molecule has 1 saturated heterocycles. The summed E-state index contributed by atoms with van der Waals surface area (Å²) in [5.41, 5.74) is 6.70. The lowest BCUT2D eigenvalue weighted by atomic mass is 10.2. The van der Waals surface area contributed by atoms with Crippen LogP contribution in [0.1, 0.15) is 10.5 Å². The van der Waals surface area contributed by atoms with E-state index in [1.807, 2.05) is 0 Å². The van der Waals surface area contributed by atoms with E-state index < -0.39 is 0 Å². The smallest absolute Gasteiger partial charge is 0.271 e. The molecular weight excluding hydrogens is 220 g/mol. The van der Waals surface area contributed by atoms with E-state index in [1.165, 1.54) is 0 Å². The molecule has 0 spiro atoms. The zero-order chi connectivity index (χ0) is 12.6. The number of likely N-dealkylation sites (N-methyl/N-ethyl adjacent to an activating group) is 1. The number of piperazine rings is 1. The summed E-state index contributed by atoms with van der Waals surface area (Å²) in [6, 6.07) is 1.63. The Morgan fingerprint density at radius 3 is 2.59 bits per heavy atom. The van der Waals surface area contributed by atoms with Crippen LogP contribution in [-0.2, 0) is 11.8 Å². The summed E-state index contributed by atoms with van der Waals surface area (Å²) in [7, 11) is 3.51. The second-order valence-electron chi connectivity index (χ2n) is 4.31. The van der Waals surface area contributed by atoms with E-state index in [4.69, 9.17) is 5.73 Å². The van der Waals surface area contributed by atoms with Crippen molar-refractivity contribution in [3.63, 3.8) is 0 Å². The topological polar surface area (TPSA) is 71.6 Å². The number of amides is 2. The summed E-state index contributed by atoms with van der Waals surface area (Å²) >= 11 is 0. The summed E-state index contributed by atoms with van der Waals surface area (Å²) < 4.78 is 1.68. The third-order valence-corrected chi connectivity index (χ3v) is 2.99. The normalized spacial score (nSPS) is 16.5. The first kappa shape index (κ1) is 11.5. The Bertz CT molecular complexity index is 466. The minimum absolute atomic E-state index is 0.0354. The number of aromatic nitrogens is 1. The van der Waals surface area contributed by atoms with Crippen molar-refractivity contribution >= 4 is 17.5 Å². The molecule has 2 amide bonds. The predicted octanol–water partition coefficient (Wildman–Crippen LogP) is -0.478. The highest BCUT2D eigenvalue weighted by Gasteiger charge is 2.26. The number of hydrogen-bond donors (Lipinski definition) is 1. The lowest BCUT2D eigenvalue weighted by molar-refractivity contribution is -0.133. The number of anilines is 1. The fourth-order valence-electron chi connectivity index (χ4n) is 1.90. The van der Waals surface area contributed by atoms with Crippen LogP contribution < -0.4 is 5.73 Å². The third-order valence-electron chi connectivity index (χ3n) is 2.99. The molecule has 6 heteroatoms. The molecule has 1 fully saturated rings. The van der Waals surface area contributed by atoms with Crippen LogP contribution in [-0.4, -0.2) is 52.9 Å². The van der Waals surface area contributed by atoms with E-state index in [0.717, 1.165) is 0 Å². The highest BCUT2D eigenvalue weighted by atomic mass is 16.2. The molecular formula is C11H16N4O2. The lowest BCUT2D eigenvalue weighted by Crippen LogP contribution is -2.50. The Morgan fingerprint density at radius 1 is 1.35 bits per heavy atom. The molecule has 2 N–H and O–H groups in total. The van der Waals surface area contributed by atoms with Gasteiger partial charge in [0, 0.05) is 33.4 Å². The maximum absolute atomic E-state index is 12.2. The highest BCUT2D eigenvalue weighted by molar-refractivity contribution is 5.96. The van der Waals surface area contributed by atoms with Crippen molar-refractivity contribution in [1.29, 1.82) is 0 Å². The molecule has 0 aliphatic carbocycles. The molecule has 17 heavy (non-hydrogen) atoms. The summed E-state index contributed by atoms with van der Waals surface area (Å²) in [6.45, 7) is 1.27. The van der Waals surface area contributed by atoms with Gasteiger partial charge in [-0.3, -0.25) is 9.59 Å². The minimum atomic E-state index is -0.148. The molecule has 1 aliphatic heterocycles. The van der Waals surface area contributed by atoms with Gasteiger partial charge in [-0.2, -0.15) is 0 Å². The van der Waals surface area contributed by atoms with Crippen molar-refractivity contribution in [3.8, 4) is 0 Å². The summed E-state index contributed by atoms with van der Waals surface area (Å²) in [5, 5.41) is 0. The van der Waals surface area contributed by atoms with Gasteiger partial charge in [0.1, 0.15) is 12.2 Å². The van der Waals surface area contributed by atoms with Gasteiger partial charge in [-0.1, -0.05) is 0 Å². The summed E-state index contributed by atoms with van der Waals surface area (Å²) in [5.74, 6) is -0.183. The zero-order valence-corrected chi connectivity index (χ0v) is 10.0. The van der Waals surface area contributed by atoms with E-state index in [9.17, 15) is 9.59 Å². The largest absolute Gasteiger partial charge is 0.397 e. The van der Waals surface area contributed by atoms with E-state index in [-0.39, 0.29) is 18.4 Å². The number of nitrogens with zero attached hydrogens (tertiary/aromatic N) is 3. The van der Waals surface area contributed by atoms with E-state index in [1.54, 1.807) is 40.7 Å². The molecule has 92 valence electrons. The molecule has 0 unspecified atom stereocenters. The Morgan fingerprint density at radius 2 is 2.06 bits per heavy atom. The summed E-state index contributed by atoms with van der Waals surface area (Å²) in [6.07, 6.45) is 1.69. The van der Waals surface area contributed by atoms with Crippen LogP contribution in [0.15, 0.2) is 12.3 Å². The first-order valence-electron chi connectivity index (χ1n) is 5.44. The SMILES string of the molecule is CN1CCN(C(=O)c2cc(N)cn2C)CC1=O. The molecule has 0 radical (unpaired) electrons. The number of carbonyl (C=O) groups excluding carboxylic acids is 2. The number of carbonyl (C=O) groups is 2. The number of rotatable bonds is 1. The van der Waals surface area contributed by atoms with Gasteiger partial charge in [0.25, 0.3) is 5.91 Å². The number of nitrogens with two attached hydrogens (primary N) is 1. The van der Waals surface area contributed by atoms with Crippen molar-refractivity contribution < 1.29 is 9.59 Å². The quantitative estimate of drug-likeness (QED) is 0.716. The second-order valence-corrected chi connectivity index (χ2v) is 4.31. The van der Waals surface area contributed by atoms with Crippen LogP contribution in [0.2, 0.25) is 0 Å². The van der Waals surface area contributed by atoms with E-state index in [0.29, 0.717) is 24.5 Å². The minimum Gasteiger partial charge on any atom is -0.397 e. The highest BCUT2D eigenvalue weighted by Crippen LogP contribution is 2.13. The first-order valence-corrected chi connectivity index (χ1v) is 5.44. The van der Waals surface area contributed by atoms with Crippen LogP contribution in [0.5, 0.6) is 0 Å². The predicted molar refractivity (Wildman–Crippen MR) is 63.4 cm³/mol. The van der Waals surface area contributed by atoms with Gasteiger partial charge >= 0.3 is 0 Å². The Balaban J connectivity index is 2.16. The molecule has 2 heterocycles. The molecule has 0 aromatic carbocycles. The van der Waals surface area contributed by atoms with Crippen LogP contribution in [0.3, 0.4) is 0 Å². The van der Waals surface area contributed by atoms with Crippen molar-refractivity contribution in [2.24, 2.45) is 7.05 Å². The second kappa shape index (κ2) is 4.12. The first-order chi connectivity index (χ1) is 7.99. The van der Waals surface area contributed by atoms with Gasteiger partial charge < -0.3 is 20.1 Å². The van der Waals surface area contributed by atoms with Crippen molar-refractivity contribution in [2.75, 3.05) is 32.4 Å². The molecule has 1 aromatic heterocycles. The summed E-state index contributed by atoms with van der Waals surface area (Å²) in [4.78, 5) is 26.9. The van der Waals surface area contributed by atoms with E-state index >= 15 is 0 Å². The number of nitrogen functional groups attached to an aromatic ring is 1. The average Bonchev–Trinajstić information content (AvgIpc) is 2.61. The molecule has 6 nitrogen and oxygen atoms in total. The van der Waals surface area contributed by atoms with Crippen LogP contribution in [0.4, 0.5) is 5.69 Å². The Labute approximate surface area is 99.6 Å². The molecule has 0 bridgehead atoms. The average molecular weight is 236 g/mol. The maximum atomic E-state index is 12.2. The van der Waals surface area contributed by atoms with Crippen LogP contribution in [0, 0.1) is 0 Å². The maximum Gasteiger partial charge on any atom is 0.271 e. The van der Waals surface area contributed by atoms with Crippen LogP contribution in [0.25, 0.3) is 0 Å². The molecule has 0 atom stereocenters. The fourth-order valence-corrected chi connectivity index (χ4v) is 1.90. The molecule has 1 aromatic rings. The van der Waals surface area contributed by atoms with Crippen LogP contribution >= 0.6 is 0 Å². The van der Waals surface area contributed by atoms with Crippen molar-refractivity contribution in [1.82, 2.24) is 14.4 Å². The van der Waals surface area contributed by atoms with Gasteiger partial charge in [-0.05, 0) is 6.07 Å². The van der Waals surface area contributed by atoms with Crippen molar-refractivity contribution in [2.45, 2.75) is 0 Å². The van der Waals surface area contributed by atoms with Gasteiger partial charge in [0.05, 0.1) is 5.69 Å². The van der Waals surface area contributed by atoms with Crippen molar-refractivity contribution in [3.05, 3.63) is 18.0 Å². The van der Waals surface area contributed by atoms with E-state index in [2.05, 4.69) is 0 Å². The lowest BCUT2D eigenvalue weighted by Gasteiger charge is -2.31. The standard InChI is InChI=1S/C11H16N4O2/c1-13-3-4-15(7-10(13)16)11(17)9-5-8(12)6-14(9)2/h5-6H,3-4,7,12H2,1-2H3. The fraction of sp³-hybridized carbons (Fsp3) is 0.455. The Kier molecular flexibility index (Phi) is 2.79. The number of hydrogen-bond acceptors (Lipinski definition) is 3. The molecule has 1 aliphatic rings. The number of aryl methyl sites for hydroxylation is 1. The van der Waals surface area contributed by atoms with Gasteiger partial charge in [-0.25, -0.2) is 0 Å². The monoisotopic (exact) mass is 236 g/mol. The van der Waals surface area contributed by atoms with Gasteiger partial charge in [-0.15, -0.1) is 0 Å². The molecule has 2 rings (SSSR count).